The molecule has 0 aromatic heterocycles. The summed E-state index contributed by atoms with van der Waals surface area (Å²) < 4.78 is 0. The minimum Gasteiger partial charge on any atom is -0.353 e. The number of hydrogen-bond donors (Lipinski definition) is 2. The summed E-state index contributed by atoms with van der Waals surface area (Å²) in [4.78, 5) is 3.36. The van der Waals surface area contributed by atoms with Gasteiger partial charge in [0, 0.05) is 0 Å². The van der Waals surface area contributed by atoms with Crippen LogP contribution in [-0.2, 0) is 0 Å². The molecule has 9 heavy (non-hydrogen) atoms. The van der Waals surface area contributed by atoms with E-state index in [1.54, 1.807) is 0 Å². The molecule has 0 heterocycles. The Balaban J connectivity index is 3.80. The predicted molar refractivity (Wildman–Crippen MR) is 45.9 cm³/mol. The van der Waals surface area contributed by atoms with Gasteiger partial charge >= 0.3 is 0 Å². The SMILES string of the molecule is CN[Si](C)(C)C(C)[Si]N. The molecule has 0 saturated carbocycles. The van der Waals surface area contributed by atoms with Gasteiger partial charge in [0.2, 0.25) is 0 Å². The predicted octanol–water partition coefficient (Wildman–Crippen LogP) is 0.336. The fraction of sp³-hybridized carbons (Fsp3) is 1.00. The van der Waals surface area contributed by atoms with E-state index < -0.39 is 8.24 Å². The van der Waals surface area contributed by atoms with Crippen LogP contribution in [0, 0.1) is 0 Å². The van der Waals surface area contributed by atoms with E-state index in [-0.39, 0.29) is 0 Å². The van der Waals surface area contributed by atoms with Crippen molar-refractivity contribution in [2.75, 3.05) is 7.05 Å². The molecule has 0 aliphatic carbocycles. The maximum absolute atomic E-state index is 5.56. The number of hydrogen-bond acceptors (Lipinski definition) is 2. The lowest BCUT2D eigenvalue weighted by Gasteiger charge is -2.26. The highest BCUT2D eigenvalue weighted by Gasteiger charge is 2.25. The van der Waals surface area contributed by atoms with Crippen molar-refractivity contribution in [3.05, 3.63) is 0 Å². The van der Waals surface area contributed by atoms with Gasteiger partial charge in [0.25, 0.3) is 0 Å². The highest BCUT2D eigenvalue weighted by Crippen LogP contribution is 2.13. The van der Waals surface area contributed by atoms with Gasteiger partial charge in [0.1, 0.15) is 17.9 Å². The van der Waals surface area contributed by atoms with Crippen molar-refractivity contribution < 1.29 is 0 Å². The molecule has 0 aliphatic rings. The molecular weight excluding hydrogens is 144 g/mol. The van der Waals surface area contributed by atoms with E-state index in [1.165, 1.54) is 0 Å². The van der Waals surface area contributed by atoms with Crippen molar-refractivity contribution in [1.82, 2.24) is 4.98 Å². The van der Waals surface area contributed by atoms with Crippen LogP contribution in [0.5, 0.6) is 0 Å². The van der Waals surface area contributed by atoms with Crippen LogP contribution in [-0.4, -0.2) is 25.0 Å². The lowest BCUT2D eigenvalue weighted by Crippen LogP contribution is -2.48. The molecule has 3 N–H and O–H groups in total. The van der Waals surface area contributed by atoms with Gasteiger partial charge in [-0.2, -0.15) is 0 Å². The molecule has 0 rings (SSSR count). The summed E-state index contributed by atoms with van der Waals surface area (Å²) in [6.45, 7) is 6.83. The average Bonchev–Trinajstić information content (AvgIpc) is 1.86. The monoisotopic (exact) mass is 160 g/mol. The van der Waals surface area contributed by atoms with E-state index in [0.29, 0.717) is 14.8 Å². The Morgan fingerprint density at radius 3 is 2.11 bits per heavy atom. The molecule has 0 aromatic carbocycles. The van der Waals surface area contributed by atoms with Crippen LogP contribution in [0.2, 0.25) is 18.3 Å². The number of nitrogens with two attached hydrogens (primary N) is 1. The quantitative estimate of drug-likeness (QED) is 0.584. The summed E-state index contributed by atoms with van der Waals surface area (Å²) >= 11 is 0. The van der Waals surface area contributed by atoms with Crippen molar-refractivity contribution >= 4 is 17.9 Å². The van der Waals surface area contributed by atoms with Gasteiger partial charge in [-0.1, -0.05) is 20.0 Å². The van der Waals surface area contributed by atoms with Crippen molar-refractivity contribution in [1.29, 1.82) is 0 Å². The van der Waals surface area contributed by atoms with Gasteiger partial charge in [-0.15, -0.1) is 0 Å². The Hall–Kier alpha value is 0.354. The van der Waals surface area contributed by atoms with Crippen molar-refractivity contribution in [2.24, 2.45) is 5.40 Å². The summed E-state index contributed by atoms with van der Waals surface area (Å²) in [6.07, 6.45) is 0. The van der Waals surface area contributed by atoms with Gasteiger partial charge in [-0.05, 0) is 12.2 Å². The van der Waals surface area contributed by atoms with Gasteiger partial charge in [-0.3, -0.25) is 0 Å². The summed E-state index contributed by atoms with van der Waals surface area (Å²) in [5.74, 6) is 0. The second-order valence-corrected chi connectivity index (χ2v) is 9.45. The summed E-state index contributed by atoms with van der Waals surface area (Å²) in [5.41, 5.74) is 0. The second kappa shape index (κ2) is 3.50. The third-order valence-corrected chi connectivity index (χ3v) is 8.60. The first-order chi connectivity index (χ1) is 4.04. The van der Waals surface area contributed by atoms with Crippen LogP contribution in [0.4, 0.5) is 0 Å². The van der Waals surface area contributed by atoms with Crippen molar-refractivity contribution in [3.63, 3.8) is 0 Å². The molecule has 0 spiro atoms. The van der Waals surface area contributed by atoms with E-state index in [0.717, 1.165) is 0 Å². The third-order valence-electron chi connectivity index (χ3n) is 1.98. The lowest BCUT2D eigenvalue weighted by atomic mass is 10.9. The zero-order valence-electron chi connectivity index (χ0n) is 6.65. The van der Waals surface area contributed by atoms with E-state index in [9.17, 15) is 0 Å². The van der Waals surface area contributed by atoms with Crippen LogP contribution >= 0.6 is 0 Å². The van der Waals surface area contributed by atoms with Crippen LogP contribution in [0.25, 0.3) is 0 Å². The minimum atomic E-state index is -1.14. The fourth-order valence-electron chi connectivity index (χ4n) is 0.425. The average molecular weight is 160 g/mol. The van der Waals surface area contributed by atoms with E-state index in [2.05, 4.69) is 25.0 Å². The maximum Gasteiger partial charge on any atom is 0.137 e. The summed E-state index contributed by atoms with van der Waals surface area (Å²) in [5, 5.41) is 6.25. The van der Waals surface area contributed by atoms with Crippen LogP contribution < -0.4 is 10.4 Å². The van der Waals surface area contributed by atoms with E-state index >= 15 is 0 Å². The molecular formula is C5H16N2Si2. The number of nitrogens with one attached hydrogen (secondary N) is 1. The van der Waals surface area contributed by atoms with Gasteiger partial charge in [-0.25, -0.2) is 0 Å². The Morgan fingerprint density at radius 2 is 2.00 bits per heavy atom. The Bertz CT molecular complexity index is 85.0. The molecule has 0 aliphatic heterocycles. The van der Waals surface area contributed by atoms with E-state index in [4.69, 9.17) is 5.40 Å². The number of rotatable bonds is 3. The Morgan fingerprint density at radius 1 is 1.56 bits per heavy atom. The molecule has 1 atom stereocenters. The lowest BCUT2D eigenvalue weighted by molar-refractivity contribution is 1.07. The molecule has 0 amide bonds. The largest absolute Gasteiger partial charge is 0.353 e. The van der Waals surface area contributed by atoms with Crippen LogP contribution in [0.1, 0.15) is 6.92 Å². The summed E-state index contributed by atoms with van der Waals surface area (Å²) in [6, 6.07) is 0. The Kier molecular flexibility index (Phi) is 3.64. The van der Waals surface area contributed by atoms with Gasteiger partial charge in [0.15, 0.2) is 0 Å². The van der Waals surface area contributed by atoms with Crippen LogP contribution in [0.15, 0.2) is 0 Å². The fourth-order valence-corrected chi connectivity index (χ4v) is 2.96. The van der Waals surface area contributed by atoms with E-state index in [1.807, 2.05) is 7.05 Å². The summed E-state index contributed by atoms with van der Waals surface area (Å²) in [7, 11) is 1.48. The topological polar surface area (TPSA) is 38.0 Å². The normalized spacial score (nSPS) is 15.7. The van der Waals surface area contributed by atoms with Crippen molar-refractivity contribution in [2.45, 2.75) is 25.2 Å². The molecule has 1 unspecified atom stereocenters. The minimum absolute atomic E-state index is 0.589. The van der Waals surface area contributed by atoms with Crippen LogP contribution in [0.3, 0.4) is 0 Å². The standard InChI is InChI=1S/C5H16N2Si2/c1-5(8-6)9(3,4)7-2/h5,7H,6H2,1-4H3. The zero-order valence-corrected chi connectivity index (χ0v) is 8.65. The first-order valence-electron chi connectivity index (χ1n) is 3.19. The highest BCUT2D eigenvalue weighted by atomic mass is 28.4. The zero-order chi connectivity index (χ0) is 7.49. The van der Waals surface area contributed by atoms with Gasteiger partial charge < -0.3 is 10.4 Å². The molecule has 0 saturated heterocycles. The third kappa shape index (κ3) is 2.62. The molecule has 54 valence electrons. The second-order valence-electron chi connectivity index (χ2n) is 2.86. The van der Waals surface area contributed by atoms with Gasteiger partial charge in [0.05, 0.1) is 0 Å². The first kappa shape index (κ1) is 9.35. The smallest absolute Gasteiger partial charge is 0.137 e. The molecule has 2 radical (unpaired) electrons. The molecule has 0 bridgehead atoms. The molecule has 0 fully saturated rings. The van der Waals surface area contributed by atoms with Crippen molar-refractivity contribution in [3.8, 4) is 0 Å². The molecule has 2 nitrogen and oxygen atoms in total. The first-order valence-corrected chi connectivity index (χ1v) is 7.43. The molecule has 4 heteroatoms. The highest BCUT2D eigenvalue weighted by molar-refractivity contribution is 6.83. The Labute approximate surface area is 61.2 Å². The molecule has 0 aromatic rings. The maximum atomic E-state index is 5.56.